The number of thiazole rings is 1. The first-order valence-corrected chi connectivity index (χ1v) is 7.49. The molecular weight excluding hydrogens is 274 g/mol. The molecule has 1 aromatic heterocycles. The van der Waals surface area contributed by atoms with E-state index in [1.165, 1.54) is 6.07 Å². The number of nitro groups is 1. The van der Waals surface area contributed by atoms with Crippen molar-refractivity contribution in [2.24, 2.45) is 0 Å². The fourth-order valence-corrected chi connectivity index (χ4v) is 2.68. The molecule has 1 heterocycles. The van der Waals surface area contributed by atoms with E-state index in [1.54, 1.807) is 23.5 Å². The molecule has 1 aromatic carbocycles. The average Bonchev–Trinajstić information content (AvgIpc) is 2.97. The predicted octanol–water partition coefficient (Wildman–Crippen LogP) is 3.33. The Morgan fingerprint density at radius 3 is 3.00 bits per heavy atom. The van der Waals surface area contributed by atoms with Gasteiger partial charge in [0.05, 0.1) is 16.1 Å². The average molecular weight is 291 g/mol. The second kappa shape index (κ2) is 7.12. The van der Waals surface area contributed by atoms with E-state index in [-0.39, 0.29) is 16.7 Å². The van der Waals surface area contributed by atoms with Crippen LogP contribution in [0.4, 0.5) is 5.69 Å². The third-order valence-corrected chi connectivity index (χ3v) is 3.78. The summed E-state index contributed by atoms with van der Waals surface area (Å²) in [7, 11) is 0. The van der Waals surface area contributed by atoms with E-state index < -0.39 is 0 Å². The quantitative estimate of drug-likeness (QED) is 0.627. The zero-order valence-corrected chi connectivity index (χ0v) is 12.1. The van der Waals surface area contributed by atoms with Crippen LogP contribution < -0.4 is 5.32 Å². The van der Waals surface area contributed by atoms with Crippen LogP contribution in [-0.4, -0.2) is 16.5 Å². The van der Waals surface area contributed by atoms with Crippen LogP contribution in [0.1, 0.15) is 30.6 Å². The lowest BCUT2D eigenvalue weighted by atomic mass is 10.0. The Bertz CT molecular complexity index is 557. The molecule has 1 unspecified atom stereocenters. The molecule has 2 aromatic rings. The van der Waals surface area contributed by atoms with Gasteiger partial charge in [0, 0.05) is 36.5 Å². The maximum absolute atomic E-state index is 10.8. The monoisotopic (exact) mass is 291 g/mol. The van der Waals surface area contributed by atoms with Crippen molar-refractivity contribution in [3.63, 3.8) is 0 Å². The molecule has 0 aliphatic heterocycles. The van der Waals surface area contributed by atoms with Crippen LogP contribution >= 0.6 is 11.3 Å². The molecule has 0 bridgehead atoms. The number of benzene rings is 1. The van der Waals surface area contributed by atoms with E-state index in [0.29, 0.717) is 0 Å². The summed E-state index contributed by atoms with van der Waals surface area (Å²) >= 11 is 1.59. The fourth-order valence-electron chi connectivity index (χ4n) is 2.09. The second-order valence-corrected chi connectivity index (χ2v) is 5.22. The largest absolute Gasteiger partial charge is 0.310 e. The Hall–Kier alpha value is -1.79. The standard InChI is InChI=1S/C14H17N3O2S/c1-2-14(15-7-6-12-9-20-10-16-12)11-4-3-5-13(8-11)17(18)19/h3-5,8-10,14-15H,2,6-7H2,1H3. The summed E-state index contributed by atoms with van der Waals surface area (Å²) in [5.41, 5.74) is 4.01. The van der Waals surface area contributed by atoms with Gasteiger partial charge in [-0.15, -0.1) is 11.3 Å². The molecule has 106 valence electrons. The Balaban J connectivity index is 1.97. The van der Waals surface area contributed by atoms with E-state index in [9.17, 15) is 10.1 Å². The highest BCUT2D eigenvalue weighted by Crippen LogP contribution is 2.21. The van der Waals surface area contributed by atoms with Crippen LogP contribution in [0.3, 0.4) is 0 Å². The molecule has 2 rings (SSSR count). The highest BCUT2D eigenvalue weighted by molar-refractivity contribution is 7.07. The molecule has 0 aliphatic rings. The lowest BCUT2D eigenvalue weighted by Gasteiger charge is -2.17. The van der Waals surface area contributed by atoms with Gasteiger partial charge in [-0.3, -0.25) is 10.1 Å². The summed E-state index contributed by atoms with van der Waals surface area (Å²) in [6.07, 6.45) is 1.76. The number of aromatic nitrogens is 1. The molecule has 20 heavy (non-hydrogen) atoms. The summed E-state index contributed by atoms with van der Waals surface area (Å²) in [6.45, 7) is 2.88. The molecule has 0 amide bonds. The zero-order valence-electron chi connectivity index (χ0n) is 11.3. The summed E-state index contributed by atoms with van der Waals surface area (Å²) < 4.78 is 0. The van der Waals surface area contributed by atoms with Crippen molar-refractivity contribution in [3.05, 3.63) is 56.5 Å². The lowest BCUT2D eigenvalue weighted by molar-refractivity contribution is -0.384. The van der Waals surface area contributed by atoms with E-state index in [2.05, 4.69) is 17.2 Å². The minimum Gasteiger partial charge on any atom is -0.310 e. The highest BCUT2D eigenvalue weighted by Gasteiger charge is 2.12. The van der Waals surface area contributed by atoms with Gasteiger partial charge in [0.2, 0.25) is 0 Å². The van der Waals surface area contributed by atoms with Gasteiger partial charge in [0.1, 0.15) is 0 Å². The van der Waals surface area contributed by atoms with Gasteiger partial charge in [-0.25, -0.2) is 4.98 Å². The lowest BCUT2D eigenvalue weighted by Crippen LogP contribution is -2.23. The Labute approximate surface area is 121 Å². The van der Waals surface area contributed by atoms with Crippen LogP contribution in [0.2, 0.25) is 0 Å². The second-order valence-electron chi connectivity index (χ2n) is 4.50. The first kappa shape index (κ1) is 14.6. The predicted molar refractivity (Wildman–Crippen MR) is 79.9 cm³/mol. The maximum atomic E-state index is 10.8. The number of hydrogen-bond acceptors (Lipinski definition) is 5. The molecule has 0 radical (unpaired) electrons. The van der Waals surface area contributed by atoms with Gasteiger partial charge in [-0.1, -0.05) is 19.1 Å². The van der Waals surface area contributed by atoms with Crippen molar-refractivity contribution in [2.75, 3.05) is 6.54 Å². The van der Waals surface area contributed by atoms with Crippen molar-refractivity contribution in [1.29, 1.82) is 0 Å². The Morgan fingerprint density at radius 2 is 2.35 bits per heavy atom. The molecule has 1 N–H and O–H groups in total. The van der Waals surface area contributed by atoms with Gasteiger partial charge >= 0.3 is 0 Å². The number of nitrogens with one attached hydrogen (secondary N) is 1. The van der Waals surface area contributed by atoms with E-state index in [0.717, 1.165) is 30.6 Å². The zero-order chi connectivity index (χ0) is 14.4. The third kappa shape index (κ3) is 3.85. The maximum Gasteiger partial charge on any atom is 0.269 e. The summed E-state index contributed by atoms with van der Waals surface area (Å²) in [5.74, 6) is 0. The first-order chi connectivity index (χ1) is 9.70. The molecule has 0 aliphatic carbocycles. The van der Waals surface area contributed by atoms with E-state index >= 15 is 0 Å². The van der Waals surface area contributed by atoms with Crippen LogP contribution in [0, 0.1) is 10.1 Å². The van der Waals surface area contributed by atoms with Crippen LogP contribution in [-0.2, 0) is 6.42 Å². The van der Waals surface area contributed by atoms with Crippen molar-refractivity contribution < 1.29 is 4.92 Å². The summed E-state index contributed by atoms with van der Waals surface area (Å²) in [6, 6.07) is 6.96. The molecule has 0 fully saturated rings. The first-order valence-electron chi connectivity index (χ1n) is 6.55. The van der Waals surface area contributed by atoms with Crippen molar-refractivity contribution >= 4 is 17.0 Å². The molecule has 0 saturated heterocycles. The molecule has 0 saturated carbocycles. The number of non-ortho nitro benzene ring substituents is 1. The van der Waals surface area contributed by atoms with Gasteiger partial charge in [0.15, 0.2) is 0 Å². The van der Waals surface area contributed by atoms with Crippen molar-refractivity contribution in [3.8, 4) is 0 Å². The SMILES string of the molecule is CCC(NCCc1cscn1)c1cccc([N+](=O)[O-])c1. The molecule has 1 atom stereocenters. The van der Waals surface area contributed by atoms with E-state index in [4.69, 9.17) is 0 Å². The van der Waals surface area contributed by atoms with Crippen LogP contribution in [0.5, 0.6) is 0 Å². The number of nitrogens with zero attached hydrogens (tertiary/aromatic N) is 2. The van der Waals surface area contributed by atoms with Gasteiger partial charge in [-0.05, 0) is 12.0 Å². The van der Waals surface area contributed by atoms with Gasteiger partial charge < -0.3 is 5.32 Å². The topological polar surface area (TPSA) is 68.1 Å². The smallest absolute Gasteiger partial charge is 0.269 e. The highest BCUT2D eigenvalue weighted by atomic mass is 32.1. The fraction of sp³-hybridized carbons (Fsp3) is 0.357. The third-order valence-electron chi connectivity index (χ3n) is 3.15. The number of nitro benzene ring substituents is 1. The Morgan fingerprint density at radius 1 is 1.50 bits per heavy atom. The molecular formula is C14H17N3O2S. The number of hydrogen-bond donors (Lipinski definition) is 1. The number of rotatable bonds is 7. The summed E-state index contributed by atoms with van der Waals surface area (Å²) in [4.78, 5) is 14.7. The molecule has 0 spiro atoms. The molecule has 6 heteroatoms. The van der Waals surface area contributed by atoms with Crippen LogP contribution in [0.25, 0.3) is 0 Å². The van der Waals surface area contributed by atoms with Crippen LogP contribution in [0.15, 0.2) is 35.2 Å². The minimum atomic E-state index is -0.356. The minimum absolute atomic E-state index is 0.133. The van der Waals surface area contributed by atoms with E-state index in [1.807, 2.05) is 17.0 Å². The molecule has 5 nitrogen and oxygen atoms in total. The summed E-state index contributed by atoms with van der Waals surface area (Å²) in [5, 5.41) is 16.3. The van der Waals surface area contributed by atoms with Gasteiger partial charge in [0.25, 0.3) is 5.69 Å². The van der Waals surface area contributed by atoms with Crippen molar-refractivity contribution in [2.45, 2.75) is 25.8 Å². The normalized spacial score (nSPS) is 12.2. The Kier molecular flexibility index (Phi) is 5.20. The van der Waals surface area contributed by atoms with Crippen molar-refractivity contribution in [1.82, 2.24) is 10.3 Å². The van der Waals surface area contributed by atoms with Gasteiger partial charge in [-0.2, -0.15) is 0 Å².